The Kier molecular flexibility index (Phi) is 8.50. The van der Waals surface area contributed by atoms with Crippen LogP contribution < -0.4 is 19.1 Å². The zero-order valence-corrected chi connectivity index (χ0v) is 26.6. The molecular weight excluding hydrogens is 608 g/mol. The summed E-state index contributed by atoms with van der Waals surface area (Å²) in [6.45, 7) is 6.04. The number of nitrogens with zero attached hydrogens (tertiary/aromatic N) is 2. The fraction of sp³-hybridized carbons (Fsp3) is 0.257. The molecule has 2 atom stereocenters. The number of carbonyl (C=O) groups excluding carboxylic acids is 3. The number of rotatable bonds is 9. The molecule has 1 aromatic heterocycles. The predicted molar refractivity (Wildman–Crippen MR) is 172 cm³/mol. The molecule has 0 bridgehead atoms. The monoisotopic (exact) mass is 640 g/mol. The van der Waals surface area contributed by atoms with Crippen molar-refractivity contribution in [2.24, 2.45) is 0 Å². The SMILES string of the molecule is CCOc1cc([C@@H]2/C(=C(\O)c3ccc4c(c3)C[C@H](C)O4)C(=O)C(=O)N2c2nc(C)c(C(=O)OC)s2)ccc1OCc1ccccc1. The first-order valence-corrected chi connectivity index (χ1v) is 15.6. The van der Waals surface area contributed by atoms with Gasteiger partial charge in [-0.15, -0.1) is 0 Å². The molecule has 0 spiro atoms. The Balaban J connectivity index is 1.48. The maximum Gasteiger partial charge on any atom is 0.350 e. The number of esters is 1. The van der Waals surface area contributed by atoms with Crippen molar-refractivity contribution in [1.82, 2.24) is 4.98 Å². The fourth-order valence-electron chi connectivity index (χ4n) is 5.65. The molecule has 3 aromatic carbocycles. The number of fused-ring (bicyclic) bond motifs is 1. The summed E-state index contributed by atoms with van der Waals surface area (Å²) in [6, 6.07) is 18.9. The van der Waals surface area contributed by atoms with Crippen LogP contribution in [0.1, 0.15) is 57.5 Å². The molecule has 2 aliphatic rings. The van der Waals surface area contributed by atoms with Gasteiger partial charge in [-0.2, -0.15) is 0 Å². The number of benzene rings is 3. The third-order valence-corrected chi connectivity index (χ3v) is 8.93. The lowest BCUT2D eigenvalue weighted by Gasteiger charge is -2.24. The number of carbonyl (C=O) groups is 3. The molecule has 1 saturated heterocycles. The van der Waals surface area contributed by atoms with Crippen molar-refractivity contribution in [3.8, 4) is 17.2 Å². The minimum Gasteiger partial charge on any atom is -0.507 e. The van der Waals surface area contributed by atoms with Gasteiger partial charge in [-0.3, -0.25) is 14.5 Å². The van der Waals surface area contributed by atoms with E-state index < -0.39 is 23.7 Å². The number of hydrogen-bond donors (Lipinski definition) is 1. The minimum atomic E-state index is -1.10. The van der Waals surface area contributed by atoms with Gasteiger partial charge in [0.15, 0.2) is 16.6 Å². The largest absolute Gasteiger partial charge is 0.507 e. The van der Waals surface area contributed by atoms with Crippen LogP contribution in [0.15, 0.2) is 72.3 Å². The van der Waals surface area contributed by atoms with Crippen LogP contribution >= 0.6 is 11.3 Å². The molecule has 236 valence electrons. The third-order valence-electron chi connectivity index (χ3n) is 7.80. The average molecular weight is 641 g/mol. The van der Waals surface area contributed by atoms with Gasteiger partial charge in [-0.05, 0) is 67.8 Å². The van der Waals surface area contributed by atoms with Crippen LogP contribution in [0.5, 0.6) is 17.2 Å². The number of ketones is 1. The third kappa shape index (κ3) is 5.69. The molecule has 2 aliphatic heterocycles. The molecule has 3 heterocycles. The molecule has 1 amide bonds. The second-order valence-electron chi connectivity index (χ2n) is 10.9. The number of aromatic nitrogens is 1. The van der Waals surface area contributed by atoms with Crippen molar-refractivity contribution < 1.29 is 38.4 Å². The van der Waals surface area contributed by atoms with Gasteiger partial charge < -0.3 is 24.1 Å². The lowest BCUT2D eigenvalue weighted by molar-refractivity contribution is -0.132. The van der Waals surface area contributed by atoms with Gasteiger partial charge in [0.2, 0.25) is 0 Å². The van der Waals surface area contributed by atoms with Crippen molar-refractivity contribution in [1.29, 1.82) is 0 Å². The molecule has 4 aromatic rings. The standard InChI is InChI=1S/C35H32N2O8S/c1-5-43-27-17-22(11-14-26(27)44-18-21-9-7-6-8-10-21)29-28(30(38)23-12-13-25-24(16-23)15-19(2)45-25)31(39)33(40)37(29)35-36-20(3)32(46-35)34(41)42-4/h6-14,16-17,19,29,38H,5,15,18H2,1-4H3/b30-28+/t19-,29+/m0/s1. The molecule has 1 N–H and O–H groups in total. The highest BCUT2D eigenvalue weighted by atomic mass is 32.1. The van der Waals surface area contributed by atoms with Gasteiger partial charge in [-0.1, -0.05) is 47.7 Å². The lowest BCUT2D eigenvalue weighted by Crippen LogP contribution is -2.29. The van der Waals surface area contributed by atoms with Gasteiger partial charge in [0.05, 0.1) is 31.0 Å². The first-order chi connectivity index (χ1) is 22.2. The molecule has 0 saturated carbocycles. The predicted octanol–water partition coefficient (Wildman–Crippen LogP) is 6.17. The van der Waals surface area contributed by atoms with Crippen molar-refractivity contribution in [2.75, 3.05) is 18.6 Å². The molecule has 0 radical (unpaired) electrons. The quantitative estimate of drug-likeness (QED) is 0.0991. The summed E-state index contributed by atoms with van der Waals surface area (Å²) >= 11 is 0.934. The number of anilines is 1. The number of aliphatic hydroxyl groups excluding tert-OH is 1. The van der Waals surface area contributed by atoms with E-state index >= 15 is 0 Å². The van der Waals surface area contributed by atoms with E-state index in [1.54, 1.807) is 43.3 Å². The molecular formula is C35H32N2O8S. The number of thiazole rings is 1. The minimum absolute atomic E-state index is 0.0188. The number of Topliss-reactive ketones (excluding diaryl/α,β-unsaturated/α-hetero) is 1. The van der Waals surface area contributed by atoms with Gasteiger partial charge in [0.1, 0.15) is 29.1 Å². The van der Waals surface area contributed by atoms with Gasteiger partial charge in [0.25, 0.3) is 5.78 Å². The van der Waals surface area contributed by atoms with Crippen LogP contribution in [0.3, 0.4) is 0 Å². The number of methoxy groups -OCH3 is 1. The van der Waals surface area contributed by atoms with E-state index in [9.17, 15) is 19.5 Å². The van der Waals surface area contributed by atoms with Crippen molar-refractivity contribution in [2.45, 2.75) is 45.9 Å². The second kappa shape index (κ2) is 12.7. The first-order valence-electron chi connectivity index (χ1n) is 14.8. The summed E-state index contributed by atoms with van der Waals surface area (Å²) in [5.41, 5.74) is 2.93. The van der Waals surface area contributed by atoms with Crippen LogP contribution in [0.2, 0.25) is 0 Å². The normalized spacial score (nSPS) is 18.3. The van der Waals surface area contributed by atoms with E-state index in [-0.39, 0.29) is 27.4 Å². The van der Waals surface area contributed by atoms with E-state index in [2.05, 4.69) is 4.98 Å². The topological polar surface area (TPSA) is 124 Å². The molecule has 11 heteroatoms. The van der Waals surface area contributed by atoms with Crippen molar-refractivity contribution >= 4 is 39.9 Å². The summed E-state index contributed by atoms with van der Waals surface area (Å²) in [5, 5.41) is 11.8. The fourth-order valence-corrected chi connectivity index (χ4v) is 6.67. The van der Waals surface area contributed by atoms with E-state index in [0.29, 0.717) is 53.7 Å². The molecule has 1 fully saturated rings. The zero-order chi connectivity index (χ0) is 32.5. The Hall–Kier alpha value is -5.16. The second-order valence-corrected chi connectivity index (χ2v) is 11.9. The summed E-state index contributed by atoms with van der Waals surface area (Å²) in [5.74, 6) is -1.14. The van der Waals surface area contributed by atoms with E-state index in [4.69, 9.17) is 18.9 Å². The summed E-state index contributed by atoms with van der Waals surface area (Å²) < 4.78 is 22.7. The summed E-state index contributed by atoms with van der Waals surface area (Å²) in [4.78, 5) is 45.9. The Morgan fingerprint density at radius 1 is 1.07 bits per heavy atom. The molecule has 6 rings (SSSR count). The number of amides is 1. The zero-order valence-electron chi connectivity index (χ0n) is 25.7. The smallest absolute Gasteiger partial charge is 0.350 e. The van der Waals surface area contributed by atoms with Crippen molar-refractivity contribution in [3.05, 3.63) is 105 Å². The number of ether oxygens (including phenoxy) is 4. The number of aliphatic hydroxyl groups is 1. The molecule has 0 unspecified atom stereocenters. The lowest BCUT2D eigenvalue weighted by atomic mass is 9.94. The summed E-state index contributed by atoms with van der Waals surface area (Å²) in [6.07, 6.45) is 0.625. The highest BCUT2D eigenvalue weighted by molar-refractivity contribution is 7.17. The molecule has 10 nitrogen and oxygen atoms in total. The highest BCUT2D eigenvalue weighted by Gasteiger charge is 2.49. The Bertz CT molecular complexity index is 1870. The number of hydrogen-bond acceptors (Lipinski definition) is 10. The average Bonchev–Trinajstić information content (AvgIpc) is 3.71. The Labute approximate surface area is 269 Å². The molecule has 0 aliphatic carbocycles. The first kappa shape index (κ1) is 30.8. The number of aryl methyl sites for hydroxylation is 1. The van der Waals surface area contributed by atoms with Crippen LogP contribution in [0, 0.1) is 6.92 Å². The molecule has 46 heavy (non-hydrogen) atoms. The van der Waals surface area contributed by atoms with E-state index in [1.807, 2.05) is 44.2 Å². The maximum absolute atomic E-state index is 13.8. The van der Waals surface area contributed by atoms with E-state index in [0.717, 1.165) is 22.5 Å². The van der Waals surface area contributed by atoms with Crippen molar-refractivity contribution in [3.63, 3.8) is 0 Å². The van der Waals surface area contributed by atoms with Gasteiger partial charge in [0, 0.05) is 12.0 Å². The van der Waals surface area contributed by atoms with Crippen LogP contribution in [-0.2, 0) is 27.4 Å². The Morgan fingerprint density at radius 2 is 1.85 bits per heavy atom. The van der Waals surface area contributed by atoms with Gasteiger partial charge in [-0.25, -0.2) is 9.78 Å². The summed E-state index contributed by atoms with van der Waals surface area (Å²) in [7, 11) is 1.26. The van der Waals surface area contributed by atoms with Crippen LogP contribution in [0.4, 0.5) is 5.13 Å². The highest BCUT2D eigenvalue weighted by Crippen LogP contribution is 2.46. The van der Waals surface area contributed by atoms with Gasteiger partial charge >= 0.3 is 11.9 Å². The Morgan fingerprint density at radius 3 is 2.59 bits per heavy atom. The van der Waals surface area contributed by atoms with Crippen LogP contribution in [-0.4, -0.2) is 47.6 Å². The maximum atomic E-state index is 13.8. The van der Waals surface area contributed by atoms with Crippen LogP contribution in [0.25, 0.3) is 5.76 Å². The van der Waals surface area contributed by atoms with E-state index in [1.165, 1.54) is 12.0 Å².